The molecule has 0 radical (unpaired) electrons. The van der Waals surface area contributed by atoms with Crippen LogP contribution in [0.3, 0.4) is 0 Å². The van der Waals surface area contributed by atoms with E-state index in [1.165, 1.54) is 0 Å². The fourth-order valence-electron chi connectivity index (χ4n) is 1.10. The number of anilines is 1. The molecule has 0 aliphatic rings. The molecule has 2 nitrogen and oxygen atoms in total. The Balaban J connectivity index is 2.70. The average molecular weight is 296 g/mol. The SMILES string of the molecule is Cc1ccc(NC(=O)CC(F)(F)F)c(Br)c1. The summed E-state index contributed by atoms with van der Waals surface area (Å²) >= 11 is 3.16. The maximum Gasteiger partial charge on any atom is 0.397 e. The smallest absolute Gasteiger partial charge is 0.325 e. The number of nitrogens with one attached hydrogen (secondary N) is 1. The van der Waals surface area contributed by atoms with Crippen molar-refractivity contribution in [3.8, 4) is 0 Å². The van der Waals surface area contributed by atoms with Crippen molar-refractivity contribution in [3.63, 3.8) is 0 Å². The van der Waals surface area contributed by atoms with Gasteiger partial charge in [-0.3, -0.25) is 4.79 Å². The molecule has 0 unspecified atom stereocenters. The number of carbonyl (C=O) groups is 1. The summed E-state index contributed by atoms with van der Waals surface area (Å²) in [6.07, 6.45) is -5.96. The number of benzene rings is 1. The largest absolute Gasteiger partial charge is 0.397 e. The number of halogens is 4. The van der Waals surface area contributed by atoms with Crippen LogP contribution in [0, 0.1) is 6.92 Å². The van der Waals surface area contributed by atoms with Crippen LogP contribution in [-0.4, -0.2) is 12.1 Å². The zero-order chi connectivity index (χ0) is 12.3. The van der Waals surface area contributed by atoms with Crippen molar-refractivity contribution in [2.75, 3.05) is 5.32 Å². The summed E-state index contributed by atoms with van der Waals surface area (Å²) < 4.78 is 36.3. The summed E-state index contributed by atoms with van der Waals surface area (Å²) in [6.45, 7) is 1.84. The highest BCUT2D eigenvalue weighted by Crippen LogP contribution is 2.25. The van der Waals surface area contributed by atoms with Gasteiger partial charge in [0.1, 0.15) is 6.42 Å². The summed E-state index contributed by atoms with van der Waals surface area (Å²) in [5.74, 6) is -1.07. The lowest BCUT2D eigenvalue weighted by atomic mass is 10.2. The number of carbonyl (C=O) groups excluding carboxylic acids is 1. The quantitative estimate of drug-likeness (QED) is 0.886. The van der Waals surface area contributed by atoms with Gasteiger partial charge in [0.25, 0.3) is 0 Å². The van der Waals surface area contributed by atoms with E-state index in [-0.39, 0.29) is 0 Å². The minimum Gasteiger partial charge on any atom is -0.325 e. The average Bonchev–Trinajstić information content (AvgIpc) is 2.06. The highest BCUT2D eigenvalue weighted by molar-refractivity contribution is 9.10. The highest BCUT2D eigenvalue weighted by Gasteiger charge is 2.31. The predicted octanol–water partition coefficient (Wildman–Crippen LogP) is 3.65. The fourth-order valence-corrected chi connectivity index (χ4v) is 1.69. The Labute approximate surface area is 99.0 Å². The molecule has 1 aromatic carbocycles. The van der Waals surface area contributed by atoms with Crippen molar-refractivity contribution in [1.29, 1.82) is 0 Å². The number of rotatable bonds is 2. The van der Waals surface area contributed by atoms with E-state index >= 15 is 0 Å². The van der Waals surface area contributed by atoms with Crippen LogP contribution in [0.15, 0.2) is 22.7 Å². The molecule has 16 heavy (non-hydrogen) atoms. The van der Waals surface area contributed by atoms with Gasteiger partial charge in [-0.15, -0.1) is 0 Å². The van der Waals surface area contributed by atoms with E-state index < -0.39 is 18.5 Å². The molecular formula is C10H9BrF3NO. The van der Waals surface area contributed by atoms with Crippen molar-refractivity contribution < 1.29 is 18.0 Å². The molecule has 0 saturated heterocycles. The van der Waals surface area contributed by atoms with Crippen LogP contribution in [0.5, 0.6) is 0 Å². The third kappa shape index (κ3) is 4.22. The first-order valence-electron chi connectivity index (χ1n) is 4.41. The Hall–Kier alpha value is -1.04. The molecule has 0 bridgehead atoms. The Morgan fingerprint density at radius 1 is 1.44 bits per heavy atom. The molecular weight excluding hydrogens is 287 g/mol. The maximum atomic E-state index is 11.9. The minimum atomic E-state index is -4.48. The topological polar surface area (TPSA) is 29.1 Å². The van der Waals surface area contributed by atoms with Crippen molar-refractivity contribution in [3.05, 3.63) is 28.2 Å². The summed E-state index contributed by atoms with van der Waals surface area (Å²) in [6, 6.07) is 4.96. The van der Waals surface area contributed by atoms with Crippen LogP contribution in [0.4, 0.5) is 18.9 Å². The molecule has 1 aromatic rings. The Bertz CT molecular complexity index is 404. The molecule has 0 saturated carbocycles. The summed E-state index contributed by atoms with van der Waals surface area (Å²) in [4.78, 5) is 11.0. The first kappa shape index (κ1) is 13.0. The maximum absolute atomic E-state index is 11.9. The van der Waals surface area contributed by atoms with E-state index in [1.54, 1.807) is 18.2 Å². The molecule has 0 aliphatic heterocycles. The standard InChI is InChI=1S/C10H9BrF3NO/c1-6-2-3-8(7(11)4-6)15-9(16)5-10(12,13)14/h2-4H,5H2,1H3,(H,15,16). The van der Waals surface area contributed by atoms with Gasteiger partial charge in [0.2, 0.25) is 5.91 Å². The normalized spacial score (nSPS) is 11.3. The van der Waals surface area contributed by atoms with Crippen molar-refractivity contribution in [1.82, 2.24) is 0 Å². The van der Waals surface area contributed by atoms with Gasteiger partial charge in [-0.25, -0.2) is 0 Å². The molecule has 0 atom stereocenters. The lowest BCUT2D eigenvalue weighted by Gasteiger charge is -2.09. The van der Waals surface area contributed by atoms with Gasteiger partial charge in [0.15, 0.2) is 0 Å². The Kier molecular flexibility index (Phi) is 3.96. The van der Waals surface area contributed by atoms with E-state index in [0.717, 1.165) is 5.56 Å². The molecule has 1 rings (SSSR count). The van der Waals surface area contributed by atoms with E-state index in [1.807, 2.05) is 6.92 Å². The monoisotopic (exact) mass is 295 g/mol. The molecule has 0 fully saturated rings. The number of hydrogen-bond donors (Lipinski definition) is 1. The van der Waals surface area contributed by atoms with Gasteiger partial charge < -0.3 is 5.32 Å². The van der Waals surface area contributed by atoms with Gasteiger partial charge in [0, 0.05) is 4.47 Å². The second kappa shape index (κ2) is 4.86. The molecule has 0 heterocycles. The molecule has 1 amide bonds. The highest BCUT2D eigenvalue weighted by atomic mass is 79.9. The Morgan fingerprint density at radius 3 is 2.56 bits per heavy atom. The minimum absolute atomic E-state index is 0.333. The molecule has 0 spiro atoms. The predicted molar refractivity (Wildman–Crippen MR) is 58.2 cm³/mol. The third-order valence-electron chi connectivity index (χ3n) is 1.76. The summed E-state index contributed by atoms with van der Waals surface area (Å²) in [5.41, 5.74) is 1.28. The number of aryl methyl sites for hydroxylation is 1. The second-order valence-electron chi connectivity index (χ2n) is 3.32. The number of alkyl halides is 3. The molecule has 88 valence electrons. The third-order valence-corrected chi connectivity index (χ3v) is 2.42. The van der Waals surface area contributed by atoms with Crippen LogP contribution >= 0.6 is 15.9 Å². The lowest BCUT2D eigenvalue weighted by molar-refractivity contribution is -0.150. The summed E-state index contributed by atoms with van der Waals surface area (Å²) in [5, 5.41) is 2.19. The van der Waals surface area contributed by atoms with Gasteiger partial charge in [-0.1, -0.05) is 6.07 Å². The van der Waals surface area contributed by atoms with Gasteiger partial charge >= 0.3 is 6.18 Å². The van der Waals surface area contributed by atoms with Gasteiger partial charge in [0.05, 0.1) is 5.69 Å². The van der Waals surface area contributed by atoms with Crippen LogP contribution in [0.1, 0.15) is 12.0 Å². The second-order valence-corrected chi connectivity index (χ2v) is 4.18. The van der Waals surface area contributed by atoms with Crippen molar-refractivity contribution in [2.45, 2.75) is 19.5 Å². The van der Waals surface area contributed by atoms with E-state index in [0.29, 0.717) is 10.2 Å². The van der Waals surface area contributed by atoms with E-state index in [2.05, 4.69) is 21.2 Å². The first-order chi connectivity index (χ1) is 7.28. The van der Waals surface area contributed by atoms with Crippen molar-refractivity contribution >= 4 is 27.5 Å². The molecule has 6 heteroatoms. The van der Waals surface area contributed by atoms with E-state index in [4.69, 9.17) is 0 Å². The summed E-state index contributed by atoms with van der Waals surface area (Å²) in [7, 11) is 0. The van der Waals surface area contributed by atoms with Gasteiger partial charge in [-0.2, -0.15) is 13.2 Å². The lowest BCUT2D eigenvalue weighted by Crippen LogP contribution is -2.21. The van der Waals surface area contributed by atoms with Gasteiger partial charge in [-0.05, 0) is 40.5 Å². The zero-order valence-corrected chi connectivity index (χ0v) is 9.95. The first-order valence-corrected chi connectivity index (χ1v) is 5.20. The Morgan fingerprint density at radius 2 is 2.06 bits per heavy atom. The molecule has 0 aromatic heterocycles. The number of amides is 1. The van der Waals surface area contributed by atoms with Crippen LogP contribution in [0.25, 0.3) is 0 Å². The molecule has 1 N–H and O–H groups in total. The van der Waals surface area contributed by atoms with E-state index in [9.17, 15) is 18.0 Å². The zero-order valence-electron chi connectivity index (χ0n) is 8.36. The van der Waals surface area contributed by atoms with Crippen LogP contribution in [0.2, 0.25) is 0 Å². The number of hydrogen-bond acceptors (Lipinski definition) is 1. The molecule has 0 aliphatic carbocycles. The van der Waals surface area contributed by atoms with Crippen LogP contribution in [-0.2, 0) is 4.79 Å². The van der Waals surface area contributed by atoms with Crippen molar-refractivity contribution in [2.24, 2.45) is 0 Å². The fraction of sp³-hybridized carbons (Fsp3) is 0.300. The van der Waals surface area contributed by atoms with Crippen LogP contribution < -0.4 is 5.32 Å².